The van der Waals surface area contributed by atoms with Gasteiger partial charge in [-0.15, -0.1) is 0 Å². The molecule has 2 amide bonds. The van der Waals surface area contributed by atoms with Crippen LogP contribution in [0.3, 0.4) is 0 Å². The maximum Gasteiger partial charge on any atom is 0.239 e. The Morgan fingerprint density at radius 1 is 1.08 bits per heavy atom. The molecule has 138 valence electrons. The second-order valence-electron chi connectivity index (χ2n) is 7.38. The lowest BCUT2D eigenvalue weighted by atomic mass is 9.91. The van der Waals surface area contributed by atoms with Crippen LogP contribution in [0.25, 0.3) is 0 Å². The fraction of sp³-hybridized carbons (Fsp3) is 0.579. The smallest absolute Gasteiger partial charge is 0.239 e. The number of hydrogen-bond acceptors (Lipinski definition) is 4. The third kappa shape index (κ3) is 5.19. The Hall–Kier alpha value is -2.08. The van der Waals surface area contributed by atoms with E-state index in [0.717, 1.165) is 19.6 Å². The van der Waals surface area contributed by atoms with Gasteiger partial charge in [-0.05, 0) is 65.0 Å². The molecule has 1 aromatic rings. The molecule has 1 aromatic carbocycles. The molecule has 25 heavy (non-hydrogen) atoms. The van der Waals surface area contributed by atoms with Gasteiger partial charge in [0.2, 0.25) is 11.8 Å². The van der Waals surface area contributed by atoms with E-state index in [1.54, 1.807) is 13.8 Å². The zero-order chi connectivity index (χ0) is 18.4. The van der Waals surface area contributed by atoms with Crippen LogP contribution in [-0.2, 0) is 9.59 Å². The lowest BCUT2D eigenvalue weighted by Crippen LogP contribution is -2.46. The first-order chi connectivity index (χ1) is 11.8. The second-order valence-corrected chi connectivity index (χ2v) is 7.38. The molecule has 0 bridgehead atoms. The van der Waals surface area contributed by atoms with E-state index >= 15 is 0 Å². The van der Waals surface area contributed by atoms with E-state index in [-0.39, 0.29) is 11.8 Å². The Morgan fingerprint density at radius 2 is 1.68 bits per heavy atom. The van der Waals surface area contributed by atoms with Gasteiger partial charge in [-0.1, -0.05) is 0 Å². The summed E-state index contributed by atoms with van der Waals surface area (Å²) in [5.41, 5.74) is 0.762. The average Bonchev–Trinajstić information content (AvgIpc) is 3.09. The van der Waals surface area contributed by atoms with Gasteiger partial charge in [0.25, 0.3) is 0 Å². The fourth-order valence-corrected chi connectivity index (χ4v) is 2.74. The van der Waals surface area contributed by atoms with Crippen molar-refractivity contribution in [1.29, 1.82) is 0 Å². The maximum atomic E-state index is 12.5. The van der Waals surface area contributed by atoms with Crippen LogP contribution in [0.4, 0.5) is 11.4 Å². The molecule has 0 aromatic heterocycles. The zero-order valence-electron chi connectivity index (χ0n) is 15.8. The van der Waals surface area contributed by atoms with Gasteiger partial charge in [-0.25, -0.2) is 0 Å². The summed E-state index contributed by atoms with van der Waals surface area (Å²) in [5.74, 6) is -0.565. The van der Waals surface area contributed by atoms with Gasteiger partial charge in [-0.2, -0.15) is 0 Å². The van der Waals surface area contributed by atoms with Crippen molar-refractivity contribution in [2.45, 2.75) is 26.7 Å². The van der Waals surface area contributed by atoms with Crippen molar-refractivity contribution in [3.05, 3.63) is 24.3 Å². The molecule has 0 saturated carbocycles. The zero-order valence-corrected chi connectivity index (χ0v) is 15.8. The Morgan fingerprint density at radius 3 is 2.24 bits per heavy atom. The highest BCUT2D eigenvalue weighted by Gasteiger charge is 2.35. The van der Waals surface area contributed by atoms with Crippen molar-refractivity contribution in [1.82, 2.24) is 10.2 Å². The summed E-state index contributed by atoms with van der Waals surface area (Å²) in [7, 11) is 3.88. The monoisotopic (exact) mass is 346 g/mol. The minimum absolute atomic E-state index is 0.263. The summed E-state index contributed by atoms with van der Waals surface area (Å²) in [4.78, 5) is 29.2. The number of amides is 2. The SMILES string of the molecule is CN(C)CCNC(=O)C(C)(C)C(=O)Nc1ccc(N2CCCC2)cc1. The molecule has 1 saturated heterocycles. The minimum Gasteiger partial charge on any atom is -0.372 e. The van der Waals surface area contributed by atoms with E-state index in [9.17, 15) is 9.59 Å². The van der Waals surface area contributed by atoms with Crippen molar-refractivity contribution in [3.8, 4) is 0 Å². The number of benzene rings is 1. The molecule has 0 spiro atoms. The highest BCUT2D eigenvalue weighted by molar-refractivity contribution is 6.09. The first-order valence-electron chi connectivity index (χ1n) is 8.90. The lowest BCUT2D eigenvalue weighted by Gasteiger charge is -2.23. The highest BCUT2D eigenvalue weighted by atomic mass is 16.2. The van der Waals surface area contributed by atoms with Crippen LogP contribution in [0.5, 0.6) is 0 Å². The number of rotatable bonds is 7. The Kier molecular flexibility index (Phi) is 6.42. The maximum absolute atomic E-state index is 12.5. The van der Waals surface area contributed by atoms with Gasteiger partial charge in [0, 0.05) is 37.6 Å². The number of carbonyl (C=O) groups is 2. The molecule has 0 atom stereocenters. The van der Waals surface area contributed by atoms with E-state index < -0.39 is 5.41 Å². The van der Waals surface area contributed by atoms with Crippen molar-refractivity contribution >= 4 is 23.2 Å². The molecule has 1 heterocycles. The lowest BCUT2D eigenvalue weighted by molar-refractivity contribution is -0.138. The molecule has 1 aliphatic rings. The van der Waals surface area contributed by atoms with Crippen LogP contribution in [0.2, 0.25) is 0 Å². The van der Waals surface area contributed by atoms with Gasteiger partial charge in [-0.3, -0.25) is 9.59 Å². The molecule has 1 aliphatic heterocycles. The number of nitrogens with zero attached hydrogens (tertiary/aromatic N) is 2. The number of anilines is 2. The van der Waals surface area contributed by atoms with Crippen LogP contribution >= 0.6 is 0 Å². The first kappa shape index (κ1) is 19.2. The predicted molar refractivity (Wildman–Crippen MR) is 102 cm³/mol. The number of likely N-dealkylation sites (N-methyl/N-ethyl adjacent to an activating group) is 1. The van der Waals surface area contributed by atoms with Gasteiger partial charge in [0.15, 0.2) is 0 Å². The standard InChI is InChI=1S/C19H30N4O2/c1-19(2,17(24)20-11-14-22(3)4)18(25)21-15-7-9-16(10-8-15)23-12-5-6-13-23/h7-10H,5-6,11-14H2,1-4H3,(H,20,24)(H,21,25). The summed E-state index contributed by atoms with van der Waals surface area (Å²) in [6.45, 7) is 6.73. The van der Waals surface area contributed by atoms with Gasteiger partial charge in [0.1, 0.15) is 5.41 Å². The van der Waals surface area contributed by atoms with Crippen molar-refractivity contribution < 1.29 is 9.59 Å². The molecule has 6 nitrogen and oxygen atoms in total. The molecule has 2 N–H and O–H groups in total. The van der Waals surface area contributed by atoms with Crippen molar-refractivity contribution in [2.24, 2.45) is 5.41 Å². The van der Waals surface area contributed by atoms with Gasteiger partial charge >= 0.3 is 0 Å². The molecule has 2 rings (SSSR count). The predicted octanol–water partition coefficient (Wildman–Crippen LogP) is 1.93. The molecule has 0 radical (unpaired) electrons. The van der Waals surface area contributed by atoms with Crippen LogP contribution in [0.15, 0.2) is 24.3 Å². The van der Waals surface area contributed by atoms with E-state index in [1.165, 1.54) is 18.5 Å². The number of nitrogens with one attached hydrogen (secondary N) is 2. The normalized spacial score (nSPS) is 14.7. The first-order valence-corrected chi connectivity index (χ1v) is 8.90. The van der Waals surface area contributed by atoms with Crippen LogP contribution < -0.4 is 15.5 Å². The molecular weight excluding hydrogens is 316 g/mol. The molecule has 0 aliphatic carbocycles. The molecule has 0 unspecified atom stereocenters. The Labute approximate surface area is 150 Å². The highest BCUT2D eigenvalue weighted by Crippen LogP contribution is 2.24. The van der Waals surface area contributed by atoms with Crippen LogP contribution in [-0.4, -0.2) is 57.0 Å². The van der Waals surface area contributed by atoms with Crippen LogP contribution in [0.1, 0.15) is 26.7 Å². The molecular formula is C19H30N4O2. The third-order valence-corrected chi connectivity index (χ3v) is 4.58. The third-order valence-electron chi connectivity index (χ3n) is 4.58. The summed E-state index contributed by atoms with van der Waals surface area (Å²) in [6.07, 6.45) is 2.46. The minimum atomic E-state index is -1.13. The summed E-state index contributed by atoms with van der Waals surface area (Å²) in [6, 6.07) is 7.83. The largest absolute Gasteiger partial charge is 0.372 e. The van der Waals surface area contributed by atoms with Crippen LogP contribution in [0, 0.1) is 5.41 Å². The summed E-state index contributed by atoms with van der Waals surface area (Å²) >= 11 is 0. The van der Waals surface area contributed by atoms with Crippen molar-refractivity contribution in [2.75, 3.05) is 50.5 Å². The topological polar surface area (TPSA) is 64.7 Å². The molecule has 1 fully saturated rings. The van der Waals surface area contributed by atoms with E-state index in [4.69, 9.17) is 0 Å². The van der Waals surface area contributed by atoms with Gasteiger partial charge < -0.3 is 20.4 Å². The van der Waals surface area contributed by atoms with Crippen molar-refractivity contribution in [3.63, 3.8) is 0 Å². The number of hydrogen-bond donors (Lipinski definition) is 2. The number of carbonyl (C=O) groups excluding carboxylic acids is 2. The van der Waals surface area contributed by atoms with E-state index in [1.807, 2.05) is 43.3 Å². The fourth-order valence-electron chi connectivity index (χ4n) is 2.74. The average molecular weight is 346 g/mol. The Bertz CT molecular complexity index is 590. The van der Waals surface area contributed by atoms with E-state index in [0.29, 0.717) is 12.2 Å². The quantitative estimate of drug-likeness (QED) is 0.741. The Balaban J connectivity index is 1.91. The summed E-state index contributed by atoms with van der Waals surface area (Å²) < 4.78 is 0. The van der Waals surface area contributed by atoms with Gasteiger partial charge in [0.05, 0.1) is 0 Å². The second kappa shape index (κ2) is 8.34. The van der Waals surface area contributed by atoms with E-state index in [2.05, 4.69) is 15.5 Å². The molecule has 6 heteroatoms. The summed E-state index contributed by atoms with van der Waals surface area (Å²) in [5, 5.41) is 5.67.